The number of ether oxygens (including phenoxy) is 2. The Morgan fingerprint density at radius 3 is 2.47 bits per heavy atom. The van der Waals surface area contributed by atoms with E-state index in [1.165, 1.54) is 24.3 Å². The summed E-state index contributed by atoms with van der Waals surface area (Å²) in [6.45, 7) is 0.0234. The van der Waals surface area contributed by atoms with E-state index in [0.717, 1.165) is 30.2 Å². The lowest BCUT2D eigenvalue weighted by Gasteiger charge is -2.34. The first-order valence-corrected chi connectivity index (χ1v) is 16.8. The normalized spacial score (nSPS) is 23.5. The Bertz CT molecular complexity index is 1890. The second kappa shape index (κ2) is 11.1. The van der Waals surface area contributed by atoms with E-state index in [0.29, 0.717) is 37.0 Å². The number of alkyl halides is 3. The molecule has 0 amide bonds. The number of fused-ring (bicyclic) bond motifs is 3. The van der Waals surface area contributed by atoms with E-state index < -0.39 is 39.0 Å². The van der Waals surface area contributed by atoms with Crippen LogP contribution in [0.4, 0.5) is 17.6 Å². The molecule has 238 valence electrons. The number of carbonyl (C=O) groups is 1. The predicted octanol–water partition coefficient (Wildman–Crippen LogP) is 7.11. The molecule has 15 heteroatoms. The summed E-state index contributed by atoms with van der Waals surface area (Å²) < 4.78 is 97.7. The van der Waals surface area contributed by atoms with Gasteiger partial charge in [0.05, 0.1) is 28.2 Å². The first kappa shape index (κ1) is 30.1. The zero-order valence-electron chi connectivity index (χ0n) is 23.4. The molecule has 0 radical (unpaired) electrons. The Labute approximate surface area is 258 Å². The van der Waals surface area contributed by atoms with Gasteiger partial charge in [-0.05, 0) is 74.6 Å². The number of benzene rings is 2. The highest BCUT2D eigenvalue weighted by Crippen LogP contribution is 2.50. The van der Waals surface area contributed by atoms with Crippen molar-refractivity contribution in [1.82, 2.24) is 10.1 Å². The van der Waals surface area contributed by atoms with Gasteiger partial charge in [-0.3, -0.25) is 0 Å². The van der Waals surface area contributed by atoms with Gasteiger partial charge < -0.3 is 19.1 Å². The Kier molecular flexibility index (Phi) is 7.40. The monoisotopic (exact) mass is 666 g/mol. The molecule has 7 rings (SSSR count). The molecular weight excluding hydrogens is 640 g/mol. The molecule has 2 aromatic carbocycles. The summed E-state index contributed by atoms with van der Waals surface area (Å²) in [6, 6.07) is 7.75. The van der Waals surface area contributed by atoms with Crippen LogP contribution in [-0.4, -0.2) is 47.4 Å². The number of hydrogen-bond acceptors (Lipinski definition) is 9. The number of aromatic nitrogens is 2. The van der Waals surface area contributed by atoms with E-state index in [4.69, 9.17) is 9.26 Å². The van der Waals surface area contributed by atoms with Crippen LogP contribution in [0.5, 0.6) is 5.75 Å². The zero-order valence-corrected chi connectivity index (χ0v) is 25.1. The highest BCUT2D eigenvalue weighted by Gasteiger charge is 2.51. The number of thiazole rings is 1. The van der Waals surface area contributed by atoms with Crippen LogP contribution in [0, 0.1) is 17.7 Å². The quantitative estimate of drug-likeness (QED) is 0.186. The van der Waals surface area contributed by atoms with Crippen molar-refractivity contribution >= 4 is 37.4 Å². The van der Waals surface area contributed by atoms with E-state index in [9.17, 15) is 35.9 Å². The molecule has 0 saturated heterocycles. The maximum Gasteiger partial charge on any atom is 0.573 e. The number of carboxylic acid groups (broad SMARTS) is 1. The van der Waals surface area contributed by atoms with Crippen molar-refractivity contribution in [3.63, 3.8) is 0 Å². The van der Waals surface area contributed by atoms with Crippen molar-refractivity contribution in [1.29, 1.82) is 0 Å². The fourth-order valence-electron chi connectivity index (χ4n) is 6.81. The molecule has 1 N–H and O–H groups in total. The van der Waals surface area contributed by atoms with Gasteiger partial charge in [0.15, 0.2) is 5.82 Å². The molecule has 0 aliphatic heterocycles. The molecule has 45 heavy (non-hydrogen) atoms. The third-order valence-corrected chi connectivity index (χ3v) is 12.7. The first-order chi connectivity index (χ1) is 21.4. The van der Waals surface area contributed by atoms with Gasteiger partial charge in [0.25, 0.3) is 0 Å². The minimum Gasteiger partial charge on any atom is -0.478 e. The van der Waals surface area contributed by atoms with Crippen molar-refractivity contribution in [2.24, 2.45) is 11.8 Å². The van der Waals surface area contributed by atoms with E-state index >= 15 is 0 Å². The molecular formula is C30H26F4N2O7S2. The predicted molar refractivity (Wildman–Crippen MR) is 152 cm³/mol. The van der Waals surface area contributed by atoms with Crippen LogP contribution < -0.4 is 4.74 Å². The third kappa shape index (κ3) is 5.69. The average molecular weight is 667 g/mol. The molecule has 9 nitrogen and oxygen atoms in total. The summed E-state index contributed by atoms with van der Waals surface area (Å²) in [5.74, 6) is -2.44. The minimum atomic E-state index is -4.89. The lowest BCUT2D eigenvalue weighted by molar-refractivity contribution is -0.274. The lowest BCUT2D eigenvalue weighted by Crippen LogP contribution is -2.39. The van der Waals surface area contributed by atoms with Crippen LogP contribution in [0.1, 0.15) is 66.1 Å². The van der Waals surface area contributed by atoms with Crippen molar-refractivity contribution in [3.8, 4) is 17.0 Å². The van der Waals surface area contributed by atoms with Crippen LogP contribution in [-0.2, 0) is 21.2 Å². The maximum absolute atomic E-state index is 14.6. The molecule has 0 spiro atoms. The standard InChI is InChI=1S/C30H26F4N2O7S2/c31-21-11-17(28(37)38)12-23-25(21)35-29(44-23)45(39,40)27-15-7-8-16(27)10-18(9-15)41-13-20-24(36-43-26(20)14-5-6-14)19-3-1-2-4-22(19)42-30(32,33)34/h1-4,11-12,14-16,18,27H,5-10,13H2,(H,37,38). The van der Waals surface area contributed by atoms with Gasteiger partial charge in [0, 0.05) is 17.0 Å². The number of sulfone groups is 1. The van der Waals surface area contributed by atoms with Crippen LogP contribution in [0.15, 0.2) is 45.3 Å². The Morgan fingerprint density at radius 1 is 1.09 bits per heavy atom. The minimum absolute atomic E-state index is 0.0234. The number of aromatic carboxylic acids is 1. The second-order valence-electron chi connectivity index (χ2n) is 11.8. The molecule has 3 saturated carbocycles. The smallest absolute Gasteiger partial charge is 0.478 e. The van der Waals surface area contributed by atoms with Gasteiger partial charge in [-0.15, -0.1) is 24.5 Å². The van der Waals surface area contributed by atoms with Crippen molar-refractivity contribution < 1.29 is 49.9 Å². The summed E-state index contributed by atoms with van der Waals surface area (Å²) in [4.78, 5) is 15.4. The number of nitrogens with zero attached hydrogens (tertiary/aromatic N) is 2. The SMILES string of the molecule is O=C(O)c1cc(F)c2nc(S(=O)(=O)C3C4CCC3CC(OCc3c(-c5ccccc5OC(F)(F)F)noc3C3CC3)C4)sc2c1. The summed E-state index contributed by atoms with van der Waals surface area (Å²) in [7, 11) is -3.96. The van der Waals surface area contributed by atoms with Gasteiger partial charge in [-0.2, -0.15) is 0 Å². The molecule has 2 bridgehead atoms. The lowest BCUT2D eigenvalue weighted by atomic mass is 9.86. The molecule has 4 aromatic rings. The highest BCUT2D eigenvalue weighted by molar-refractivity contribution is 7.94. The summed E-state index contributed by atoms with van der Waals surface area (Å²) in [5.41, 5.74) is 0.426. The van der Waals surface area contributed by atoms with Crippen LogP contribution in [0.25, 0.3) is 21.5 Å². The molecule has 3 aliphatic carbocycles. The van der Waals surface area contributed by atoms with E-state index in [1.807, 2.05) is 0 Å². The van der Waals surface area contributed by atoms with Crippen molar-refractivity contribution in [2.75, 3.05) is 0 Å². The van der Waals surface area contributed by atoms with Crippen LogP contribution in [0.2, 0.25) is 0 Å². The zero-order chi connectivity index (χ0) is 31.7. The second-order valence-corrected chi connectivity index (χ2v) is 15.1. The third-order valence-electron chi connectivity index (χ3n) is 8.84. The summed E-state index contributed by atoms with van der Waals surface area (Å²) >= 11 is 0.767. The number of rotatable bonds is 9. The van der Waals surface area contributed by atoms with Gasteiger partial charge >= 0.3 is 12.3 Å². The number of para-hydroxylation sites is 1. The van der Waals surface area contributed by atoms with Crippen LogP contribution >= 0.6 is 11.3 Å². The summed E-state index contributed by atoms with van der Waals surface area (Å²) in [5, 5.41) is 12.6. The van der Waals surface area contributed by atoms with E-state index in [2.05, 4.69) is 14.9 Å². The molecule has 3 aliphatic rings. The topological polar surface area (TPSA) is 129 Å². The maximum atomic E-state index is 14.6. The van der Waals surface area contributed by atoms with Gasteiger partial charge in [-0.1, -0.05) is 17.3 Å². The van der Waals surface area contributed by atoms with Gasteiger partial charge in [-0.25, -0.2) is 22.6 Å². The molecule has 2 heterocycles. The van der Waals surface area contributed by atoms with E-state index in [-0.39, 0.29) is 61.8 Å². The number of halogens is 4. The molecule has 2 aromatic heterocycles. The number of hydrogen-bond donors (Lipinski definition) is 1. The molecule has 2 atom stereocenters. The molecule has 3 fully saturated rings. The molecule has 2 unspecified atom stereocenters. The van der Waals surface area contributed by atoms with Gasteiger partial charge in [0.2, 0.25) is 14.2 Å². The highest BCUT2D eigenvalue weighted by atomic mass is 32.2. The van der Waals surface area contributed by atoms with Crippen LogP contribution in [0.3, 0.4) is 0 Å². The van der Waals surface area contributed by atoms with Crippen molar-refractivity contribution in [2.45, 2.75) is 73.1 Å². The largest absolute Gasteiger partial charge is 0.573 e. The van der Waals surface area contributed by atoms with Crippen molar-refractivity contribution in [3.05, 3.63) is 59.1 Å². The Hall–Kier alpha value is -3.56. The fraction of sp³-hybridized carbons (Fsp3) is 0.433. The summed E-state index contributed by atoms with van der Waals surface area (Å²) in [6.07, 6.45) is -1.28. The number of carboxylic acids is 1. The fourth-order valence-corrected chi connectivity index (χ4v) is 10.6. The first-order valence-electron chi connectivity index (χ1n) is 14.4. The van der Waals surface area contributed by atoms with Gasteiger partial charge in [0.1, 0.15) is 22.7 Å². The Morgan fingerprint density at radius 2 is 1.80 bits per heavy atom. The average Bonchev–Trinajstić information content (AvgIpc) is 3.45. The van der Waals surface area contributed by atoms with E-state index in [1.54, 1.807) is 6.07 Å². The Balaban J connectivity index is 1.11.